The molecule has 2 aliphatic heterocycles. The molecule has 6 heteroatoms. The van der Waals surface area contributed by atoms with Gasteiger partial charge in [-0.05, 0) is 51.5 Å². The number of amides is 2. The number of carbonyl (C=O) groups excluding carboxylic acids is 2. The zero-order valence-corrected chi connectivity index (χ0v) is 21.3. The summed E-state index contributed by atoms with van der Waals surface area (Å²) in [7, 11) is 0. The van der Waals surface area contributed by atoms with Crippen molar-refractivity contribution in [3.8, 4) is 0 Å². The van der Waals surface area contributed by atoms with Crippen molar-refractivity contribution in [2.24, 2.45) is 0 Å². The molecular weight excluding hydrogens is 426 g/mol. The molecule has 0 bridgehead atoms. The van der Waals surface area contributed by atoms with Crippen LogP contribution in [-0.4, -0.2) is 63.5 Å². The van der Waals surface area contributed by atoms with Gasteiger partial charge in [-0.1, -0.05) is 62.9 Å². The number of aliphatic hydroxyl groups is 1. The molecular formula is C28H43N3O3. The van der Waals surface area contributed by atoms with Crippen molar-refractivity contribution in [2.45, 2.75) is 108 Å². The molecule has 6 nitrogen and oxygen atoms in total. The molecule has 0 aromatic heterocycles. The first-order chi connectivity index (χ1) is 16.2. The van der Waals surface area contributed by atoms with Crippen LogP contribution in [0.15, 0.2) is 30.3 Å². The summed E-state index contributed by atoms with van der Waals surface area (Å²) in [6, 6.07) is 9.89. The summed E-state index contributed by atoms with van der Waals surface area (Å²) >= 11 is 0. The van der Waals surface area contributed by atoms with Crippen molar-refractivity contribution >= 4 is 11.8 Å². The van der Waals surface area contributed by atoms with E-state index in [1.165, 1.54) is 5.56 Å². The van der Waals surface area contributed by atoms with Crippen molar-refractivity contribution in [3.05, 3.63) is 35.9 Å². The number of hydrogen-bond donors (Lipinski definition) is 2. The SMILES string of the molecule is CCCCN1C(=O)[C@@H](CC2(O)CCCCC2)NC(=O)C12CCN(C(C)(C)c1ccccc1)CC2. The van der Waals surface area contributed by atoms with E-state index < -0.39 is 17.2 Å². The van der Waals surface area contributed by atoms with E-state index >= 15 is 0 Å². The van der Waals surface area contributed by atoms with Crippen molar-refractivity contribution in [1.82, 2.24) is 15.1 Å². The lowest BCUT2D eigenvalue weighted by atomic mass is 9.76. The molecule has 0 unspecified atom stereocenters. The highest BCUT2D eigenvalue weighted by Crippen LogP contribution is 2.40. The van der Waals surface area contributed by atoms with Gasteiger partial charge < -0.3 is 15.3 Å². The summed E-state index contributed by atoms with van der Waals surface area (Å²) in [6.45, 7) is 8.73. The van der Waals surface area contributed by atoms with Crippen LogP contribution in [0.3, 0.4) is 0 Å². The van der Waals surface area contributed by atoms with Gasteiger partial charge in [0.05, 0.1) is 5.60 Å². The average Bonchev–Trinajstić information content (AvgIpc) is 2.84. The van der Waals surface area contributed by atoms with E-state index in [2.05, 4.69) is 55.3 Å². The smallest absolute Gasteiger partial charge is 0.246 e. The van der Waals surface area contributed by atoms with Crippen LogP contribution in [0.25, 0.3) is 0 Å². The first-order valence-electron chi connectivity index (χ1n) is 13.4. The van der Waals surface area contributed by atoms with Crippen LogP contribution < -0.4 is 5.32 Å². The third kappa shape index (κ3) is 4.76. The van der Waals surface area contributed by atoms with E-state index in [-0.39, 0.29) is 17.4 Å². The summed E-state index contributed by atoms with van der Waals surface area (Å²) in [5, 5.41) is 14.2. The first-order valence-corrected chi connectivity index (χ1v) is 13.4. The zero-order chi connectivity index (χ0) is 24.4. The Bertz CT molecular complexity index is 855. The molecule has 1 atom stereocenters. The van der Waals surface area contributed by atoms with Crippen LogP contribution in [0.4, 0.5) is 0 Å². The van der Waals surface area contributed by atoms with Gasteiger partial charge in [-0.25, -0.2) is 0 Å². The van der Waals surface area contributed by atoms with Gasteiger partial charge in [-0.3, -0.25) is 14.5 Å². The number of nitrogens with zero attached hydrogens (tertiary/aromatic N) is 2. The number of hydrogen-bond acceptors (Lipinski definition) is 4. The quantitative estimate of drug-likeness (QED) is 0.634. The van der Waals surface area contributed by atoms with E-state index in [1.807, 2.05) is 11.0 Å². The summed E-state index contributed by atoms with van der Waals surface area (Å²) in [5.41, 5.74) is -0.491. The van der Waals surface area contributed by atoms with Crippen LogP contribution in [0, 0.1) is 0 Å². The number of likely N-dealkylation sites (tertiary alicyclic amines) is 1. The maximum absolute atomic E-state index is 13.8. The van der Waals surface area contributed by atoms with Gasteiger partial charge in [0.25, 0.3) is 0 Å². The van der Waals surface area contributed by atoms with Crippen molar-refractivity contribution in [3.63, 3.8) is 0 Å². The first kappa shape index (κ1) is 25.2. The van der Waals surface area contributed by atoms with E-state index in [9.17, 15) is 14.7 Å². The molecule has 1 aromatic carbocycles. The second-order valence-electron chi connectivity index (χ2n) is 11.3. The molecule has 2 amide bonds. The molecule has 1 aromatic rings. The molecule has 2 saturated heterocycles. The fraction of sp³-hybridized carbons (Fsp3) is 0.714. The van der Waals surface area contributed by atoms with E-state index in [0.717, 1.165) is 58.0 Å². The number of piperidine rings is 1. The predicted molar refractivity (Wildman–Crippen MR) is 134 cm³/mol. The maximum Gasteiger partial charge on any atom is 0.246 e. The largest absolute Gasteiger partial charge is 0.390 e. The molecule has 1 aliphatic carbocycles. The molecule has 1 saturated carbocycles. The fourth-order valence-electron chi connectivity index (χ4n) is 6.41. The van der Waals surface area contributed by atoms with Crippen LogP contribution in [0.5, 0.6) is 0 Å². The molecule has 34 heavy (non-hydrogen) atoms. The lowest BCUT2D eigenvalue weighted by molar-refractivity contribution is -0.164. The highest BCUT2D eigenvalue weighted by Gasteiger charge is 2.55. The number of unbranched alkanes of at least 4 members (excludes halogenated alkanes) is 1. The van der Waals surface area contributed by atoms with E-state index in [4.69, 9.17) is 0 Å². The van der Waals surface area contributed by atoms with Crippen molar-refractivity contribution < 1.29 is 14.7 Å². The lowest BCUT2D eigenvalue weighted by Crippen LogP contribution is -2.74. The molecule has 2 heterocycles. The molecule has 1 spiro atoms. The summed E-state index contributed by atoms with van der Waals surface area (Å²) in [4.78, 5) is 31.8. The molecule has 188 valence electrons. The topological polar surface area (TPSA) is 72.9 Å². The Labute approximate surface area is 205 Å². The normalized spacial score (nSPS) is 25.4. The molecule has 3 fully saturated rings. The Hall–Kier alpha value is -1.92. The highest BCUT2D eigenvalue weighted by atomic mass is 16.3. The molecule has 0 radical (unpaired) electrons. The van der Waals surface area contributed by atoms with Crippen LogP contribution in [0.1, 0.15) is 90.5 Å². The number of rotatable bonds is 7. The third-order valence-electron chi connectivity index (χ3n) is 8.77. The van der Waals surface area contributed by atoms with Crippen molar-refractivity contribution in [2.75, 3.05) is 19.6 Å². The fourth-order valence-corrected chi connectivity index (χ4v) is 6.41. The van der Waals surface area contributed by atoms with Gasteiger partial charge >= 0.3 is 0 Å². The van der Waals surface area contributed by atoms with Crippen LogP contribution in [-0.2, 0) is 15.1 Å². The minimum absolute atomic E-state index is 0.00261. The second kappa shape index (κ2) is 9.98. The molecule has 3 aliphatic rings. The average molecular weight is 470 g/mol. The van der Waals surface area contributed by atoms with Gasteiger partial charge in [0, 0.05) is 31.6 Å². The third-order valence-corrected chi connectivity index (χ3v) is 8.77. The lowest BCUT2D eigenvalue weighted by Gasteiger charge is -2.54. The Morgan fingerprint density at radius 1 is 1.03 bits per heavy atom. The summed E-state index contributed by atoms with van der Waals surface area (Å²) in [5.74, 6) is -0.0207. The summed E-state index contributed by atoms with van der Waals surface area (Å²) < 4.78 is 0. The number of carbonyl (C=O) groups is 2. The summed E-state index contributed by atoms with van der Waals surface area (Å²) in [6.07, 6.45) is 8.03. The van der Waals surface area contributed by atoms with Crippen LogP contribution in [0.2, 0.25) is 0 Å². The number of benzene rings is 1. The monoisotopic (exact) mass is 469 g/mol. The van der Waals surface area contributed by atoms with Gasteiger partial charge in [0.2, 0.25) is 11.8 Å². The number of nitrogens with one attached hydrogen (secondary N) is 1. The van der Waals surface area contributed by atoms with Gasteiger partial charge in [-0.15, -0.1) is 0 Å². The van der Waals surface area contributed by atoms with E-state index in [1.54, 1.807) is 0 Å². The maximum atomic E-state index is 13.8. The minimum Gasteiger partial charge on any atom is -0.390 e. The highest BCUT2D eigenvalue weighted by molar-refractivity contribution is 6.00. The Balaban J connectivity index is 1.52. The van der Waals surface area contributed by atoms with Crippen LogP contribution >= 0.6 is 0 Å². The van der Waals surface area contributed by atoms with Gasteiger partial charge in [-0.2, -0.15) is 0 Å². The molecule has 4 rings (SSSR count). The number of piperazine rings is 1. The Kier molecular flexibility index (Phi) is 7.39. The predicted octanol–water partition coefficient (Wildman–Crippen LogP) is 3.97. The van der Waals surface area contributed by atoms with Gasteiger partial charge in [0.1, 0.15) is 11.6 Å². The second-order valence-corrected chi connectivity index (χ2v) is 11.3. The zero-order valence-electron chi connectivity index (χ0n) is 21.3. The standard InChI is InChI=1S/C28H43N3O3/c1-4-5-18-31-24(32)23(21-27(34)14-10-7-11-15-27)29-25(33)28(31)16-19-30(20-17-28)26(2,3)22-12-8-6-9-13-22/h6,8-9,12-13,23,34H,4-5,7,10-11,14-21H2,1-3H3,(H,29,33)/t23-/m1/s1. The van der Waals surface area contributed by atoms with E-state index in [0.29, 0.717) is 25.8 Å². The Morgan fingerprint density at radius 2 is 1.68 bits per heavy atom. The Morgan fingerprint density at radius 3 is 2.29 bits per heavy atom. The van der Waals surface area contributed by atoms with Gasteiger partial charge in [0.15, 0.2) is 0 Å². The minimum atomic E-state index is -0.837. The van der Waals surface area contributed by atoms with Crippen molar-refractivity contribution in [1.29, 1.82) is 0 Å². The molecule has 2 N–H and O–H groups in total.